The summed E-state index contributed by atoms with van der Waals surface area (Å²) in [5, 5.41) is 5.80. The summed E-state index contributed by atoms with van der Waals surface area (Å²) < 4.78 is 0. The van der Waals surface area contributed by atoms with Crippen LogP contribution in [-0.2, 0) is 0 Å². The van der Waals surface area contributed by atoms with Gasteiger partial charge in [0.2, 0.25) is 0 Å². The van der Waals surface area contributed by atoms with E-state index in [9.17, 15) is 0 Å². The highest BCUT2D eigenvalue weighted by Crippen LogP contribution is 2.17. The molecule has 0 saturated carbocycles. The Hall–Kier alpha value is -1.67. The highest BCUT2D eigenvalue weighted by molar-refractivity contribution is 5.89. The standard InChI is InChI=1S/C15H18N2/c1-12(2)17-9-5-7-14-11-16-10-13-6-3-4-8-15(13)14/h3-8,10-12,17H,9H2,1-2H3/b7-5+. The fourth-order valence-electron chi connectivity index (χ4n) is 1.76. The molecule has 0 radical (unpaired) electrons. The van der Waals surface area contributed by atoms with Gasteiger partial charge in [0.05, 0.1) is 0 Å². The van der Waals surface area contributed by atoms with Gasteiger partial charge < -0.3 is 5.32 Å². The third-order valence-electron chi connectivity index (χ3n) is 2.64. The Morgan fingerprint density at radius 1 is 1.24 bits per heavy atom. The molecule has 0 atom stereocenters. The van der Waals surface area contributed by atoms with Crippen molar-refractivity contribution in [3.05, 3.63) is 48.3 Å². The molecule has 0 spiro atoms. The Bertz CT molecular complexity index is 510. The van der Waals surface area contributed by atoms with Crippen LogP contribution in [-0.4, -0.2) is 17.6 Å². The minimum atomic E-state index is 0.519. The van der Waals surface area contributed by atoms with E-state index in [2.05, 4.69) is 54.5 Å². The highest BCUT2D eigenvalue weighted by atomic mass is 14.9. The molecule has 88 valence electrons. The molecule has 0 fully saturated rings. The Balaban J connectivity index is 2.18. The SMILES string of the molecule is CC(C)NC/C=C/c1cncc2ccccc12. The fourth-order valence-corrected chi connectivity index (χ4v) is 1.76. The van der Waals surface area contributed by atoms with Crippen molar-refractivity contribution < 1.29 is 0 Å². The summed E-state index contributed by atoms with van der Waals surface area (Å²) in [6.45, 7) is 5.18. The lowest BCUT2D eigenvalue weighted by atomic mass is 10.1. The second-order valence-electron chi connectivity index (χ2n) is 4.42. The van der Waals surface area contributed by atoms with Gasteiger partial charge in [-0.2, -0.15) is 0 Å². The number of hydrogen-bond donors (Lipinski definition) is 1. The van der Waals surface area contributed by atoms with Crippen molar-refractivity contribution in [3.63, 3.8) is 0 Å². The number of nitrogens with zero attached hydrogens (tertiary/aromatic N) is 1. The molecule has 1 aromatic heterocycles. The lowest BCUT2D eigenvalue weighted by Crippen LogP contribution is -2.22. The summed E-state index contributed by atoms with van der Waals surface area (Å²) in [6, 6.07) is 8.84. The maximum atomic E-state index is 4.26. The first kappa shape index (κ1) is 11.8. The molecule has 0 unspecified atom stereocenters. The van der Waals surface area contributed by atoms with Crippen LogP contribution in [0.15, 0.2) is 42.7 Å². The number of fused-ring (bicyclic) bond motifs is 1. The van der Waals surface area contributed by atoms with Crippen molar-refractivity contribution in [1.29, 1.82) is 0 Å². The monoisotopic (exact) mass is 226 g/mol. The zero-order valence-corrected chi connectivity index (χ0v) is 10.4. The number of hydrogen-bond acceptors (Lipinski definition) is 2. The quantitative estimate of drug-likeness (QED) is 0.865. The summed E-state index contributed by atoms with van der Waals surface area (Å²) in [5.41, 5.74) is 1.17. The summed E-state index contributed by atoms with van der Waals surface area (Å²) in [7, 11) is 0. The van der Waals surface area contributed by atoms with Crippen LogP contribution < -0.4 is 5.32 Å². The second kappa shape index (κ2) is 5.60. The first-order chi connectivity index (χ1) is 8.27. The normalized spacial score (nSPS) is 11.7. The predicted molar refractivity (Wildman–Crippen MR) is 73.9 cm³/mol. The average Bonchev–Trinajstić information content (AvgIpc) is 2.34. The Kier molecular flexibility index (Phi) is 3.89. The first-order valence-corrected chi connectivity index (χ1v) is 6.00. The van der Waals surface area contributed by atoms with E-state index in [1.54, 1.807) is 0 Å². The third-order valence-corrected chi connectivity index (χ3v) is 2.64. The van der Waals surface area contributed by atoms with Gasteiger partial charge in [0, 0.05) is 35.9 Å². The molecule has 17 heavy (non-hydrogen) atoms. The molecule has 0 amide bonds. The van der Waals surface area contributed by atoms with Gasteiger partial charge in [-0.25, -0.2) is 0 Å². The van der Waals surface area contributed by atoms with Crippen LogP contribution >= 0.6 is 0 Å². The van der Waals surface area contributed by atoms with Gasteiger partial charge in [-0.3, -0.25) is 4.98 Å². The Morgan fingerprint density at radius 2 is 2.06 bits per heavy atom. The topological polar surface area (TPSA) is 24.9 Å². The van der Waals surface area contributed by atoms with Crippen molar-refractivity contribution >= 4 is 16.8 Å². The van der Waals surface area contributed by atoms with E-state index in [1.807, 2.05) is 18.5 Å². The van der Waals surface area contributed by atoms with Crippen molar-refractivity contribution in [1.82, 2.24) is 10.3 Å². The van der Waals surface area contributed by atoms with E-state index >= 15 is 0 Å². The van der Waals surface area contributed by atoms with Gasteiger partial charge >= 0.3 is 0 Å². The largest absolute Gasteiger partial charge is 0.311 e. The van der Waals surface area contributed by atoms with Crippen LogP contribution in [0.3, 0.4) is 0 Å². The molecule has 2 rings (SSSR count). The summed E-state index contributed by atoms with van der Waals surface area (Å²) >= 11 is 0. The van der Waals surface area contributed by atoms with Gasteiger partial charge in [0.25, 0.3) is 0 Å². The van der Waals surface area contributed by atoms with E-state index in [-0.39, 0.29) is 0 Å². The minimum Gasteiger partial charge on any atom is -0.311 e. The number of pyridine rings is 1. The molecule has 2 nitrogen and oxygen atoms in total. The van der Waals surface area contributed by atoms with Crippen LogP contribution in [0.2, 0.25) is 0 Å². The maximum Gasteiger partial charge on any atom is 0.0346 e. The molecule has 0 bridgehead atoms. The van der Waals surface area contributed by atoms with Crippen LogP contribution in [0.5, 0.6) is 0 Å². The molecular formula is C15H18N2. The third kappa shape index (κ3) is 3.14. The van der Waals surface area contributed by atoms with Gasteiger partial charge in [-0.15, -0.1) is 0 Å². The lowest BCUT2D eigenvalue weighted by molar-refractivity contribution is 0.633. The number of aromatic nitrogens is 1. The van der Waals surface area contributed by atoms with E-state index < -0.39 is 0 Å². The van der Waals surface area contributed by atoms with Gasteiger partial charge in [0.15, 0.2) is 0 Å². The fraction of sp³-hybridized carbons (Fsp3) is 0.267. The van der Waals surface area contributed by atoms with E-state index in [4.69, 9.17) is 0 Å². The molecule has 1 N–H and O–H groups in total. The van der Waals surface area contributed by atoms with Crippen molar-refractivity contribution in [2.24, 2.45) is 0 Å². The molecule has 1 heterocycles. The maximum absolute atomic E-state index is 4.26. The Morgan fingerprint density at radius 3 is 2.88 bits per heavy atom. The molecule has 0 aliphatic carbocycles. The van der Waals surface area contributed by atoms with Crippen LogP contribution in [0, 0.1) is 0 Å². The number of rotatable bonds is 4. The van der Waals surface area contributed by atoms with Crippen molar-refractivity contribution in [2.45, 2.75) is 19.9 Å². The van der Waals surface area contributed by atoms with Crippen LogP contribution in [0.25, 0.3) is 16.8 Å². The molecule has 2 heteroatoms. The van der Waals surface area contributed by atoms with Crippen LogP contribution in [0.1, 0.15) is 19.4 Å². The average molecular weight is 226 g/mol. The predicted octanol–water partition coefficient (Wildman–Crippen LogP) is 3.25. The van der Waals surface area contributed by atoms with E-state index in [0.717, 1.165) is 6.54 Å². The zero-order valence-electron chi connectivity index (χ0n) is 10.4. The van der Waals surface area contributed by atoms with E-state index in [1.165, 1.54) is 16.3 Å². The molecular weight excluding hydrogens is 208 g/mol. The van der Waals surface area contributed by atoms with E-state index in [0.29, 0.717) is 6.04 Å². The van der Waals surface area contributed by atoms with Crippen molar-refractivity contribution in [3.8, 4) is 0 Å². The molecule has 0 aliphatic rings. The zero-order chi connectivity index (χ0) is 12.1. The Labute approximate surface area is 102 Å². The van der Waals surface area contributed by atoms with Crippen LogP contribution in [0.4, 0.5) is 0 Å². The molecule has 2 aromatic rings. The summed E-state index contributed by atoms with van der Waals surface area (Å²) in [6.07, 6.45) is 8.08. The van der Waals surface area contributed by atoms with Gasteiger partial charge in [-0.05, 0) is 5.39 Å². The summed E-state index contributed by atoms with van der Waals surface area (Å²) in [4.78, 5) is 4.26. The van der Waals surface area contributed by atoms with Crippen molar-refractivity contribution in [2.75, 3.05) is 6.54 Å². The lowest BCUT2D eigenvalue weighted by Gasteiger charge is -2.04. The second-order valence-corrected chi connectivity index (χ2v) is 4.42. The smallest absolute Gasteiger partial charge is 0.0346 e. The summed E-state index contributed by atoms with van der Waals surface area (Å²) in [5.74, 6) is 0. The highest BCUT2D eigenvalue weighted by Gasteiger charge is 1.96. The molecule has 1 aromatic carbocycles. The first-order valence-electron chi connectivity index (χ1n) is 6.00. The minimum absolute atomic E-state index is 0.519. The van der Waals surface area contributed by atoms with Gasteiger partial charge in [0.1, 0.15) is 0 Å². The molecule has 0 aliphatic heterocycles. The number of benzene rings is 1. The molecule has 0 saturated heterocycles. The van der Waals surface area contributed by atoms with Gasteiger partial charge in [-0.1, -0.05) is 50.3 Å². The number of nitrogens with one attached hydrogen (secondary N) is 1.